The van der Waals surface area contributed by atoms with Crippen LogP contribution in [0.25, 0.3) is 0 Å². The monoisotopic (exact) mass is 331 g/mol. The summed E-state index contributed by atoms with van der Waals surface area (Å²) in [5, 5.41) is 0. The maximum atomic E-state index is 12.2. The van der Waals surface area contributed by atoms with E-state index in [0.29, 0.717) is 22.8 Å². The molecule has 2 aromatic rings. The molecule has 0 aliphatic carbocycles. The maximum absolute atomic E-state index is 12.2. The van der Waals surface area contributed by atoms with E-state index in [1.807, 2.05) is 0 Å². The van der Waals surface area contributed by atoms with Gasteiger partial charge >= 0.3 is 0 Å². The highest BCUT2D eigenvalue weighted by molar-refractivity contribution is 5.99. The molecule has 0 aliphatic heterocycles. The molecule has 1 aromatic heterocycles. The molecule has 0 aliphatic rings. The molecule has 0 fully saturated rings. The minimum absolute atomic E-state index is 0.236. The zero-order valence-electron chi connectivity index (χ0n) is 13.5. The third kappa shape index (κ3) is 3.72. The van der Waals surface area contributed by atoms with Crippen LogP contribution in [0.15, 0.2) is 36.7 Å². The van der Waals surface area contributed by atoms with Crippen LogP contribution in [0.2, 0.25) is 0 Å². The number of hydrogen-bond donors (Lipinski definition) is 2. The van der Waals surface area contributed by atoms with Crippen LogP contribution in [0, 0.1) is 0 Å². The predicted octanol–water partition coefficient (Wildman–Crippen LogP) is 1.18. The molecule has 2 N–H and O–H groups in total. The molecule has 2 amide bonds. The smallest absolute Gasteiger partial charge is 0.269 e. The summed E-state index contributed by atoms with van der Waals surface area (Å²) in [5.74, 6) is 0.0529. The maximum Gasteiger partial charge on any atom is 0.269 e. The lowest BCUT2D eigenvalue weighted by Crippen LogP contribution is -2.41. The molecule has 1 heterocycles. The number of benzene rings is 1. The Balaban J connectivity index is 2.13. The second-order valence-electron chi connectivity index (χ2n) is 4.56. The Bertz CT molecular complexity index is 709. The Kier molecular flexibility index (Phi) is 5.56. The fourth-order valence-corrected chi connectivity index (χ4v) is 1.97. The van der Waals surface area contributed by atoms with E-state index < -0.39 is 11.8 Å². The Labute approximate surface area is 138 Å². The van der Waals surface area contributed by atoms with E-state index in [0.717, 1.165) is 0 Å². The summed E-state index contributed by atoms with van der Waals surface area (Å²) in [6, 6.07) is 6.02. The summed E-state index contributed by atoms with van der Waals surface area (Å²) in [5.41, 5.74) is 5.25. The Hall–Kier alpha value is -3.29. The third-order valence-corrected chi connectivity index (χ3v) is 3.16. The molecular weight excluding hydrogens is 314 g/mol. The molecular formula is C16H17N3O5. The highest BCUT2D eigenvalue weighted by atomic mass is 16.5. The van der Waals surface area contributed by atoms with Crippen LogP contribution in [-0.2, 0) is 0 Å². The zero-order valence-corrected chi connectivity index (χ0v) is 13.5. The molecule has 0 unspecified atom stereocenters. The van der Waals surface area contributed by atoms with Crippen molar-refractivity contribution < 1.29 is 23.8 Å². The number of hydrogen-bond acceptors (Lipinski definition) is 6. The van der Waals surface area contributed by atoms with Gasteiger partial charge < -0.3 is 14.2 Å². The van der Waals surface area contributed by atoms with Gasteiger partial charge in [-0.2, -0.15) is 0 Å². The molecule has 24 heavy (non-hydrogen) atoms. The van der Waals surface area contributed by atoms with Crippen LogP contribution in [0.4, 0.5) is 0 Å². The molecule has 0 bridgehead atoms. The number of methoxy groups -OCH3 is 3. The fraction of sp³-hybridized carbons (Fsp3) is 0.188. The van der Waals surface area contributed by atoms with Crippen molar-refractivity contribution in [3.05, 3.63) is 47.8 Å². The summed E-state index contributed by atoms with van der Waals surface area (Å²) in [4.78, 5) is 27.9. The molecule has 0 radical (unpaired) electrons. The topological polar surface area (TPSA) is 98.8 Å². The molecule has 0 saturated heterocycles. The van der Waals surface area contributed by atoms with Crippen LogP contribution >= 0.6 is 0 Å². The van der Waals surface area contributed by atoms with Crippen molar-refractivity contribution in [2.45, 2.75) is 0 Å². The highest BCUT2D eigenvalue weighted by Crippen LogP contribution is 2.38. The quantitative estimate of drug-likeness (QED) is 0.798. The summed E-state index contributed by atoms with van der Waals surface area (Å²) >= 11 is 0. The van der Waals surface area contributed by atoms with Gasteiger partial charge in [-0.3, -0.25) is 25.4 Å². The number of carbonyl (C=O) groups excluding carboxylic acids is 2. The van der Waals surface area contributed by atoms with Gasteiger partial charge in [0.2, 0.25) is 5.75 Å². The molecule has 0 atom stereocenters. The van der Waals surface area contributed by atoms with Gasteiger partial charge in [0.1, 0.15) is 0 Å². The highest BCUT2D eigenvalue weighted by Gasteiger charge is 2.17. The molecule has 2 rings (SSSR count). The first-order valence-electron chi connectivity index (χ1n) is 6.91. The van der Waals surface area contributed by atoms with Crippen LogP contribution in [-0.4, -0.2) is 38.1 Å². The average Bonchev–Trinajstić information content (AvgIpc) is 2.65. The summed E-state index contributed by atoms with van der Waals surface area (Å²) in [6.07, 6.45) is 2.96. The molecule has 8 nitrogen and oxygen atoms in total. The number of ether oxygens (including phenoxy) is 3. The second kappa shape index (κ2) is 7.82. The molecule has 8 heteroatoms. The van der Waals surface area contributed by atoms with Gasteiger partial charge in [0.25, 0.3) is 11.8 Å². The van der Waals surface area contributed by atoms with Gasteiger partial charge in [-0.25, -0.2) is 0 Å². The first-order valence-corrected chi connectivity index (χ1v) is 6.91. The minimum Gasteiger partial charge on any atom is -0.493 e. The van der Waals surface area contributed by atoms with Crippen LogP contribution in [0.3, 0.4) is 0 Å². The van der Waals surface area contributed by atoms with E-state index in [1.165, 1.54) is 58.0 Å². The van der Waals surface area contributed by atoms with Crippen molar-refractivity contribution in [1.29, 1.82) is 0 Å². The summed E-state index contributed by atoms with van der Waals surface area (Å²) < 4.78 is 15.6. The first kappa shape index (κ1) is 17.1. The van der Waals surface area contributed by atoms with Crippen molar-refractivity contribution in [1.82, 2.24) is 15.8 Å². The number of amides is 2. The van der Waals surface area contributed by atoms with E-state index in [2.05, 4.69) is 15.8 Å². The van der Waals surface area contributed by atoms with Gasteiger partial charge in [0.05, 0.1) is 21.3 Å². The van der Waals surface area contributed by atoms with E-state index in [4.69, 9.17) is 14.2 Å². The number of carbonyl (C=O) groups is 2. The van der Waals surface area contributed by atoms with Gasteiger partial charge in [-0.05, 0) is 24.3 Å². The molecule has 1 aromatic carbocycles. The number of rotatable bonds is 5. The van der Waals surface area contributed by atoms with Crippen molar-refractivity contribution >= 4 is 11.8 Å². The van der Waals surface area contributed by atoms with Crippen molar-refractivity contribution in [3.8, 4) is 17.2 Å². The first-order chi connectivity index (χ1) is 11.6. The standard InChI is InChI=1S/C16H17N3O5/c1-22-12-8-11(9-13(23-2)14(12)24-3)16(21)19-18-15(20)10-4-6-17-7-5-10/h4-9H,1-3H3,(H,18,20)(H,19,21). The van der Waals surface area contributed by atoms with Crippen molar-refractivity contribution in [2.24, 2.45) is 0 Å². The average molecular weight is 331 g/mol. The van der Waals surface area contributed by atoms with Gasteiger partial charge in [0, 0.05) is 23.5 Å². The van der Waals surface area contributed by atoms with Gasteiger partial charge in [0.15, 0.2) is 11.5 Å². The number of nitrogens with zero attached hydrogens (tertiary/aromatic N) is 1. The molecule has 0 saturated carbocycles. The van der Waals surface area contributed by atoms with Gasteiger partial charge in [-0.15, -0.1) is 0 Å². The fourth-order valence-electron chi connectivity index (χ4n) is 1.97. The van der Waals surface area contributed by atoms with E-state index in [-0.39, 0.29) is 5.56 Å². The Morgan fingerprint density at radius 3 is 1.79 bits per heavy atom. The lowest BCUT2D eigenvalue weighted by atomic mass is 10.1. The minimum atomic E-state index is -0.531. The van der Waals surface area contributed by atoms with E-state index >= 15 is 0 Å². The Morgan fingerprint density at radius 2 is 1.33 bits per heavy atom. The lowest BCUT2D eigenvalue weighted by molar-refractivity contribution is 0.0846. The molecule has 0 spiro atoms. The number of hydrazine groups is 1. The lowest BCUT2D eigenvalue weighted by Gasteiger charge is -2.14. The van der Waals surface area contributed by atoms with Crippen LogP contribution in [0.1, 0.15) is 20.7 Å². The van der Waals surface area contributed by atoms with E-state index in [1.54, 1.807) is 0 Å². The molecule has 126 valence electrons. The largest absolute Gasteiger partial charge is 0.493 e. The van der Waals surface area contributed by atoms with Crippen LogP contribution < -0.4 is 25.1 Å². The van der Waals surface area contributed by atoms with Gasteiger partial charge in [-0.1, -0.05) is 0 Å². The summed E-state index contributed by atoms with van der Waals surface area (Å²) in [7, 11) is 4.36. The second-order valence-corrected chi connectivity index (χ2v) is 4.56. The Morgan fingerprint density at radius 1 is 0.833 bits per heavy atom. The summed E-state index contributed by atoms with van der Waals surface area (Å²) in [6.45, 7) is 0. The normalized spacial score (nSPS) is 9.79. The number of pyridine rings is 1. The third-order valence-electron chi connectivity index (χ3n) is 3.16. The predicted molar refractivity (Wildman–Crippen MR) is 85.3 cm³/mol. The SMILES string of the molecule is COc1cc(C(=O)NNC(=O)c2ccncc2)cc(OC)c1OC. The van der Waals surface area contributed by atoms with Crippen molar-refractivity contribution in [2.75, 3.05) is 21.3 Å². The van der Waals surface area contributed by atoms with Crippen molar-refractivity contribution in [3.63, 3.8) is 0 Å². The number of nitrogens with one attached hydrogen (secondary N) is 2. The van der Waals surface area contributed by atoms with Crippen LogP contribution in [0.5, 0.6) is 17.2 Å². The zero-order chi connectivity index (χ0) is 17.5. The number of aromatic nitrogens is 1. The van der Waals surface area contributed by atoms with E-state index in [9.17, 15) is 9.59 Å².